The summed E-state index contributed by atoms with van der Waals surface area (Å²) in [6.45, 7) is 5.88. The molecule has 120 valence electrons. The lowest BCUT2D eigenvalue weighted by molar-refractivity contribution is 0.597. The third-order valence-electron chi connectivity index (χ3n) is 3.19. The first kappa shape index (κ1) is 18.2. The molecule has 0 radical (unpaired) electrons. The molecule has 0 saturated heterocycles. The van der Waals surface area contributed by atoms with Gasteiger partial charge < -0.3 is 0 Å². The monoisotopic (exact) mass is 331 g/mol. The van der Waals surface area contributed by atoms with Gasteiger partial charge in [0.25, 0.3) is 10.0 Å². The van der Waals surface area contributed by atoms with Crippen LogP contribution >= 0.6 is 0 Å². The predicted molar refractivity (Wildman–Crippen MR) is 88.5 cm³/mol. The summed E-state index contributed by atoms with van der Waals surface area (Å²) in [6.07, 6.45) is 3.22. The highest BCUT2D eigenvalue weighted by Crippen LogP contribution is 2.17. The van der Waals surface area contributed by atoms with Crippen molar-refractivity contribution in [3.63, 3.8) is 0 Å². The van der Waals surface area contributed by atoms with Gasteiger partial charge in [0.15, 0.2) is 0 Å². The van der Waals surface area contributed by atoms with E-state index in [1.807, 2.05) is 20.8 Å². The van der Waals surface area contributed by atoms with Crippen molar-refractivity contribution >= 4 is 19.8 Å². The van der Waals surface area contributed by atoms with Crippen LogP contribution in [-0.2, 0) is 19.8 Å². The largest absolute Gasteiger partial charge is 0.290 e. The van der Waals surface area contributed by atoms with Gasteiger partial charge >= 0.3 is 0 Å². The Labute approximate surface area is 129 Å². The number of benzene rings is 1. The van der Waals surface area contributed by atoms with Gasteiger partial charge in [-0.1, -0.05) is 44.4 Å². The molecule has 6 heteroatoms. The summed E-state index contributed by atoms with van der Waals surface area (Å²) in [4.78, 5) is 0.119. The second-order valence-electron chi connectivity index (χ2n) is 5.25. The zero-order valence-corrected chi connectivity index (χ0v) is 14.7. The minimum absolute atomic E-state index is 0.119. The van der Waals surface area contributed by atoms with Crippen LogP contribution in [0, 0.1) is 6.92 Å². The first-order valence-corrected chi connectivity index (χ1v) is 10.7. The quantitative estimate of drug-likeness (QED) is 0.728. The van der Waals surface area contributed by atoms with Crippen LogP contribution in [0.4, 0.5) is 0 Å². The molecule has 1 aromatic rings. The molecule has 1 rings (SSSR count). The molecule has 0 aliphatic carbocycles. The summed E-state index contributed by atoms with van der Waals surface area (Å²) in [5.41, 5.74) is 0.978. The zero-order chi connectivity index (χ0) is 15.9. The summed E-state index contributed by atoms with van der Waals surface area (Å²) in [7, 11) is -6.54. The second kappa shape index (κ2) is 7.94. The maximum Gasteiger partial charge on any atom is 0.290 e. The van der Waals surface area contributed by atoms with E-state index >= 15 is 0 Å². The minimum atomic E-state index is -3.85. The molecule has 0 aliphatic heterocycles. The second-order valence-corrected chi connectivity index (χ2v) is 9.63. The van der Waals surface area contributed by atoms with Crippen LogP contribution in [0.2, 0.25) is 0 Å². The Morgan fingerprint density at radius 3 is 1.81 bits per heavy atom. The molecule has 0 N–H and O–H groups in total. The zero-order valence-electron chi connectivity index (χ0n) is 13.0. The van der Waals surface area contributed by atoms with Crippen molar-refractivity contribution < 1.29 is 12.6 Å². The maximum absolute atomic E-state index is 12.8. The Bertz CT molecular complexity index is 641. The molecule has 0 spiro atoms. The van der Waals surface area contributed by atoms with E-state index in [1.54, 1.807) is 12.1 Å². The van der Waals surface area contributed by atoms with Crippen molar-refractivity contribution in [2.24, 2.45) is 3.77 Å². The summed E-state index contributed by atoms with van der Waals surface area (Å²) in [5.74, 6) is 0.711. The molecule has 0 fully saturated rings. The van der Waals surface area contributed by atoms with Gasteiger partial charge in [-0.2, -0.15) is 8.42 Å². The molecule has 0 bridgehead atoms. The van der Waals surface area contributed by atoms with Crippen molar-refractivity contribution in [1.82, 2.24) is 0 Å². The van der Waals surface area contributed by atoms with Crippen LogP contribution in [-0.4, -0.2) is 24.1 Å². The van der Waals surface area contributed by atoms with E-state index in [-0.39, 0.29) is 4.90 Å². The Morgan fingerprint density at radius 1 is 0.905 bits per heavy atom. The highest BCUT2D eigenvalue weighted by molar-refractivity contribution is 8.03. The number of nitrogens with zero attached hydrogens (tertiary/aromatic N) is 1. The first-order chi connectivity index (χ1) is 9.83. The fourth-order valence-corrected chi connectivity index (χ4v) is 6.38. The predicted octanol–water partition coefficient (Wildman–Crippen LogP) is 3.75. The fourth-order valence-electron chi connectivity index (χ4n) is 1.85. The van der Waals surface area contributed by atoms with Crippen molar-refractivity contribution in [3.05, 3.63) is 29.8 Å². The van der Waals surface area contributed by atoms with Crippen molar-refractivity contribution in [2.45, 2.75) is 51.3 Å². The van der Waals surface area contributed by atoms with Crippen molar-refractivity contribution in [3.8, 4) is 0 Å². The van der Waals surface area contributed by atoms with Crippen molar-refractivity contribution in [1.29, 1.82) is 0 Å². The molecule has 4 nitrogen and oxygen atoms in total. The van der Waals surface area contributed by atoms with Gasteiger partial charge in [-0.05, 0) is 31.9 Å². The fraction of sp³-hybridized carbons (Fsp3) is 0.600. The van der Waals surface area contributed by atoms with E-state index in [0.717, 1.165) is 31.2 Å². The van der Waals surface area contributed by atoms with Crippen LogP contribution < -0.4 is 0 Å². The molecule has 0 saturated carbocycles. The van der Waals surface area contributed by atoms with Gasteiger partial charge in [0, 0.05) is 11.5 Å². The van der Waals surface area contributed by atoms with Crippen LogP contribution in [0.15, 0.2) is 32.9 Å². The van der Waals surface area contributed by atoms with Gasteiger partial charge in [0.2, 0.25) is 0 Å². The lowest BCUT2D eigenvalue weighted by atomic mass is 10.2. The summed E-state index contributed by atoms with van der Waals surface area (Å²) < 4.78 is 41.3. The average molecular weight is 332 g/mol. The third kappa shape index (κ3) is 5.79. The maximum atomic E-state index is 12.8. The Kier molecular flexibility index (Phi) is 6.87. The summed E-state index contributed by atoms with van der Waals surface area (Å²) in [5, 5.41) is 0. The van der Waals surface area contributed by atoms with Gasteiger partial charge in [-0.25, -0.2) is 4.21 Å². The van der Waals surface area contributed by atoms with Crippen LogP contribution in [0.3, 0.4) is 0 Å². The molecular weight excluding hydrogens is 306 g/mol. The molecule has 0 heterocycles. The number of hydrogen-bond acceptors (Lipinski definition) is 3. The van der Waals surface area contributed by atoms with Crippen LogP contribution in [0.1, 0.15) is 45.1 Å². The number of rotatable bonds is 8. The number of unbranched alkanes of at least 4 members (excludes halogenated alkanes) is 2. The number of hydrogen-bond donors (Lipinski definition) is 0. The number of sulfonamides is 1. The standard InChI is InChI=1S/C15H25NO3S2/c1-4-6-12-20(17,13-7-5-2)16-21(18,19)15-10-8-14(3)9-11-15/h8-11H,4-7,12-13H2,1-3H3. The minimum Gasteiger partial charge on any atom is -0.249 e. The van der Waals surface area contributed by atoms with E-state index < -0.39 is 19.8 Å². The molecule has 0 atom stereocenters. The molecule has 21 heavy (non-hydrogen) atoms. The topological polar surface area (TPSA) is 63.6 Å². The third-order valence-corrected chi connectivity index (χ3v) is 7.78. The normalized spacial score (nSPS) is 12.3. The van der Waals surface area contributed by atoms with E-state index in [2.05, 4.69) is 3.77 Å². The van der Waals surface area contributed by atoms with E-state index in [0.29, 0.717) is 11.5 Å². The van der Waals surface area contributed by atoms with Crippen LogP contribution in [0.25, 0.3) is 0 Å². The Morgan fingerprint density at radius 2 is 1.38 bits per heavy atom. The van der Waals surface area contributed by atoms with Gasteiger partial charge in [-0.3, -0.25) is 0 Å². The van der Waals surface area contributed by atoms with Crippen molar-refractivity contribution in [2.75, 3.05) is 11.5 Å². The molecule has 0 aliphatic rings. The lowest BCUT2D eigenvalue weighted by Gasteiger charge is -2.09. The van der Waals surface area contributed by atoms with E-state index in [9.17, 15) is 12.6 Å². The molecular formula is C15H25NO3S2. The number of aryl methyl sites for hydroxylation is 1. The van der Waals surface area contributed by atoms with E-state index in [1.165, 1.54) is 12.1 Å². The Balaban J connectivity index is 3.18. The summed E-state index contributed by atoms with van der Waals surface area (Å²) >= 11 is 0. The highest BCUT2D eigenvalue weighted by atomic mass is 32.3. The van der Waals surface area contributed by atoms with Gasteiger partial charge in [0.05, 0.1) is 14.6 Å². The molecule has 0 unspecified atom stereocenters. The first-order valence-electron chi connectivity index (χ1n) is 7.38. The average Bonchev–Trinajstić information content (AvgIpc) is 2.43. The molecule has 0 amide bonds. The molecule has 0 aromatic heterocycles. The summed E-state index contributed by atoms with van der Waals surface area (Å²) in [6, 6.07) is 6.49. The SMILES string of the molecule is CCCCS(=O)(CCCC)=NS(=O)(=O)c1ccc(C)cc1. The lowest BCUT2D eigenvalue weighted by Crippen LogP contribution is -2.14. The smallest absolute Gasteiger partial charge is 0.249 e. The van der Waals surface area contributed by atoms with E-state index in [4.69, 9.17) is 0 Å². The van der Waals surface area contributed by atoms with Gasteiger partial charge in [0.1, 0.15) is 0 Å². The highest BCUT2D eigenvalue weighted by Gasteiger charge is 2.18. The Hall–Kier alpha value is -0.880. The van der Waals surface area contributed by atoms with Crippen LogP contribution in [0.5, 0.6) is 0 Å². The van der Waals surface area contributed by atoms with Gasteiger partial charge in [-0.15, -0.1) is 3.77 Å². The molecule has 1 aromatic carbocycles.